The van der Waals surface area contributed by atoms with Crippen LogP contribution in [-0.4, -0.2) is 10.9 Å². The molecule has 1 saturated carbocycles. The Morgan fingerprint density at radius 3 is 2.76 bits per heavy atom. The van der Waals surface area contributed by atoms with Crippen molar-refractivity contribution in [1.29, 1.82) is 5.26 Å². The van der Waals surface area contributed by atoms with Crippen molar-refractivity contribution in [3.05, 3.63) is 26.7 Å². The Hall–Kier alpha value is -1.32. The molecule has 0 unspecified atom stereocenters. The number of hydrogen-bond donors (Lipinski definition) is 2. The molecule has 1 aliphatic heterocycles. The first kappa shape index (κ1) is 14.6. The van der Waals surface area contributed by atoms with Gasteiger partial charge >= 0.3 is 0 Å². The molecule has 1 amide bonds. The Morgan fingerprint density at radius 1 is 1.48 bits per heavy atom. The highest BCUT2D eigenvalue weighted by molar-refractivity contribution is 7.84. The fraction of sp³-hybridized carbons (Fsp3) is 0.533. The summed E-state index contributed by atoms with van der Waals surface area (Å²) in [4.78, 5) is 17.1. The topological polar surface area (TPSA) is 65.8 Å². The van der Waals surface area contributed by atoms with E-state index in [1.54, 1.807) is 0 Å². The van der Waals surface area contributed by atoms with Gasteiger partial charge in [0.2, 0.25) is 5.91 Å². The van der Waals surface area contributed by atoms with E-state index in [1.807, 2.05) is 12.3 Å². The Labute approximate surface area is 133 Å². The Balaban J connectivity index is 2.16. The first-order chi connectivity index (χ1) is 10.1. The molecule has 2 aliphatic rings. The van der Waals surface area contributed by atoms with Crippen molar-refractivity contribution in [2.45, 2.75) is 44.9 Å². The second kappa shape index (κ2) is 5.47. The van der Waals surface area contributed by atoms with Crippen LogP contribution >= 0.6 is 24.0 Å². The molecule has 1 aromatic heterocycles. The maximum atomic E-state index is 12.6. The molecular weight excluding hydrogens is 302 g/mol. The van der Waals surface area contributed by atoms with Crippen LogP contribution in [0.3, 0.4) is 0 Å². The lowest BCUT2D eigenvalue weighted by Gasteiger charge is -2.44. The highest BCUT2D eigenvalue weighted by Gasteiger charge is 2.52. The Bertz CT molecular complexity index is 650. The van der Waals surface area contributed by atoms with E-state index in [0.717, 1.165) is 42.8 Å². The number of amides is 1. The second-order valence-electron chi connectivity index (χ2n) is 5.80. The summed E-state index contributed by atoms with van der Waals surface area (Å²) in [6, 6.07) is 2.31. The molecule has 0 radical (unpaired) electrons. The molecule has 0 saturated heterocycles. The van der Waals surface area contributed by atoms with Crippen molar-refractivity contribution in [2.75, 3.05) is 0 Å². The van der Waals surface area contributed by atoms with Gasteiger partial charge in [-0.25, -0.2) is 4.98 Å². The van der Waals surface area contributed by atoms with Gasteiger partial charge in [-0.05, 0) is 19.8 Å². The molecule has 21 heavy (non-hydrogen) atoms. The number of aromatic nitrogens is 1. The van der Waals surface area contributed by atoms with Crippen LogP contribution in [0, 0.1) is 23.7 Å². The fourth-order valence-corrected chi connectivity index (χ4v) is 5.01. The van der Waals surface area contributed by atoms with Crippen LogP contribution in [0.5, 0.6) is 0 Å². The number of thiazole rings is 1. The summed E-state index contributed by atoms with van der Waals surface area (Å²) in [7, 11) is 0. The first-order valence-corrected chi connectivity index (χ1v) is 8.48. The van der Waals surface area contributed by atoms with Gasteiger partial charge in [0.25, 0.3) is 0 Å². The standard InChI is InChI=1S/C15H17N3OS2/c1-9-8-21-14(17-9)11-12(19)18-13(20)10(7-16)15(11)5-3-2-4-6-15/h8,11,20H,2-6H2,1H3,(H,18,19)/t11-/m1/s1. The van der Waals surface area contributed by atoms with E-state index in [4.69, 9.17) is 0 Å². The van der Waals surface area contributed by atoms with E-state index in [9.17, 15) is 10.1 Å². The number of carbonyl (C=O) groups excluding carboxylic acids is 1. The van der Waals surface area contributed by atoms with Crippen LogP contribution < -0.4 is 5.32 Å². The minimum Gasteiger partial charge on any atom is -0.319 e. The van der Waals surface area contributed by atoms with Crippen LogP contribution in [0.2, 0.25) is 0 Å². The molecular formula is C15H17N3OS2. The highest BCUT2D eigenvalue weighted by atomic mass is 32.1. The van der Waals surface area contributed by atoms with Crippen molar-refractivity contribution in [1.82, 2.24) is 10.3 Å². The molecule has 1 aromatic rings. The van der Waals surface area contributed by atoms with Crippen molar-refractivity contribution < 1.29 is 4.79 Å². The molecule has 1 spiro atoms. The quantitative estimate of drug-likeness (QED) is 0.781. The third-order valence-electron chi connectivity index (χ3n) is 4.53. The van der Waals surface area contributed by atoms with Gasteiger partial charge in [-0.2, -0.15) is 5.26 Å². The van der Waals surface area contributed by atoms with Gasteiger partial charge in [-0.15, -0.1) is 24.0 Å². The minimum absolute atomic E-state index is 0.0738. The van der Waals surface area contributed by atoms with E-state index < -0.39 is 5.41 Å². The van der Waals surface area contributed by atoms with E-state index in [2.05, 4.69) is 29.0 Å². The number of rotatable bonds is 1. The van der Waals surface area contributed by atoms with Crippen molar-refractivity contribution in [2.24, 2.45) is 5.41 Å². The number of allylic oxidation sites excluding steroid dienone is 1. The maximum absolute atomic E-state index is 12.6. The van der Waals surface area contributed by atoms with Gasteiger partial charge in [0.05, 0.1) is 16.7 Å². The summed E-state index contributed by atoms with van der Waals surface area (Å²) in [6.45, 7) is 1.93. The Morgan fingerprint density at radius 2 is 2.19 bits per heavy atom. The maximum Gasteiger partial charge on any atom is 0.235 e. The molecule has 4 nitrogen and oxygen atoms in total. The molecule has 0 aromatic carbocycles. The molecule has 1 aliphatic carbocycles. The molecule has 1 fully saturated rings. The average molecular weight is 319 g/mol. The predicted molar refractivity (Wildman–Crippen MR) is 84.9 cm³/mol. The van der Waals surface area contributed by atoms with Gasteiger partial charge in [0.1, 0.15) is 10.9 Å². The lowest BCUT2D eigenvalue weighted by atomic mass is 9.60. The highest BCUT2D eigenvalue weighted by Crippen LogP contribution is 2.55. The Kier molecular flexibility index (Phi) is 3.80. The van der Waals surface area contributed by atoms with Crippen LogP contribution in [0.1, 0.15) is 48.7 Å². The smallest absolute Gasteiger partial charge is 0.235 e. The third kappa shape index (κ3) is 2.29. The van der Waals surface area contributed by atoms with Crippen molar-refractivity contribution in [3.63, 3.8) is 0 Å². The summed E-state index contributed by atoms with van der Waals surface area (Å²) in [6.07, 6.45) is 4.96. The number of nitrogens with one attached hydrogen (secondary N) is 1. The van der Waals surface area contributed by atoms with E-state index >= 15 is 0 Å². The zero-order valence-electron chi connectivity index (χ0n) is 11.8. The summed E-state index contributed by atoms with van der Waals surface area (Å²) < 4.78 is 0. The van der Waals surface area contributed by atoms with Crippen LogP contribution in [0.15, 0.2) is 16.0 Å². The van der Waals surface area contributed by atoms with Gasteiger partial charge in [-0.1, -0.05) is 19.3 Å². The normalized spacial score (nSPS) is 24.8. The molecule has 6 heteroatoms. The summed E-state index contributed by atoms with van der Waals surface area (Å²) in [5, 5.41) is 15.6. The summed E-state index contributed by atoms with van der Waals surface area (Å²) in [5.41, 5.74) is 1.13. The molecule has 2 heterocycles. The lowest BCUT2D eigenvalue weighted by molar-refractivity contribution is -0.125. The average Bonchev–Trinajstić information content (AvgIpc) is 2.86. The lowest BCUT2D eigenvalue weighted by Crippen LogP contribution is -2.47. The van der Waals surface area contributed by atoms with E-state index in [0.29, 0.717) is 10.6 Å². The van der Waals surface area contributed by atoms with Crippen LogP contribution in [-0.2, 0) is 4.79 Å². The van der Waals surface area contributed by atoms with Crippen LogP contribution in [0.4, 0.5) is 0 Å². The SMILES string of the molecule is Cc1csc([C@H]2C(=O)NC(S)=C(C#N)C23CCCCC3)n1. The number of nitrogens with zero attached hydrogens (tertiary/aromatic N) is 2. The number of nitriles is 1. The van der Waals surface area contributed by atoms with E-state index in [1.165, 1.54) is 11.3 Å². The molecule has 1 atom stereocenters. The number of thiol groups is 1. The minimum atomic E-state index is -0.420. The number of aryl methyl sites for hydroxylation is 1. The van der Waals surface area contributed by atoms with Gasteiger partial charge < -0.3 is 5.32 Å². The predicted octanol–water partition coefficient (Wildman–Crippen LogP) is 3.28. The summed E-state index contributed by atoms with van der Waals surface area (Å²) in [5.74, 6) is -0.433. The van der Waals surface area contributed by atoms with Gasteiger partial charge in [-0.3, -0.25) is 4.79 Å². The zero-order valence-corrected chi connectivity index (χ0v) is 13.6. The van der Waals surface area contributed by atoms with E-state index in [-0.39, 0.29) is 11.8 Å². The number of hydrogen-bond acceptors (Lipinski definition) is 5. The monoisotopic (exact) mass is 319 g/mol. The largest absolute Gasteiger partial charge is 0.319 e. The number of carbonyl (C=O) groups is 1. The third-order valence-corrected chi connectivity index (χ3v) is 5.90. The van der Waals surface area contributed by atoms with Crippen LogP contribution in [0.25, 0.3) is 0 Å². The first-order valence-electron chi connectivity index (χ1n) is 7.15. The zero-order chi connectivity index (χ0) is 15.0. The summed E-state index contributed by atoms with van der Waals surface area (Å²) >= 11 is 5.86. The van der Waals surface area contributed by atoms with Gasteiger partial charge in [0, 0.05) is 16.5 Å². The molecule has 0 bridgehead atoms. The van der Waals surface area contributed by atoms with Crippen molar-refractivity contribution in [3.8, 4) is 6.07 Å². The van der Waals surface area contributed by atoms with Gasteiger partial charge in [0.15, 0.2) is 0 Å². The van der Waals surface area contributed by atoms with Crippen molar-refractivity contribution >= 4 is 29.9 Å². The second-order valence-corrected chi connectivity index (χ2v) is 7.14. The fourth-order valence-electron chi connectivity index (χ4n) is 3.62. The molecule has 3 rings (SSSR count). The molecule has 110 valence electrons. The molecule has 1 N–H and O–H groups in total.